The molecule has 0 bridgehead atoms. The van der Waals surface area contributed by atoms with Crippen LogP contribution in [0, 0.1) is 5.82 Å². The van der Waals surface area contributed by atoms with Crippen molar-refractivity contribution in [2.24, 2.45) is 7.05 Å². The van der Waals surface area contributed by atoms with Gasteiger partial charge in [-0.3, -0.25) is 9.69 Å². The van der Waals surface area contributed by atoms with Crippen molar-refractivity contribution < 1.29 is 13.9 Å². The number of nitrogens with one attached hydrogen (secondary N) is 2. The average molecular weight is 546 g/mol. The molecule has 4 aromatic rings. The number of hydrogen-bond acceptors (Lipinski definition) is 7. The Hall–Kier alpha value is -4.02. The number of halogens is 1. The van der Waals surface area contributed by atoms with E-state index in [0.29, 0.717) is 41.0 Å². The second-order valence-electron chi connectivity index (χ2n) is 10.4. The van der Waals surface area contributed by atoms with E-state index in [-0.39, 0.29) is 17.6 Å². The van der Waals surface area contributed by atoms with Gasteiger partial charge in [0.15, 0.2) is 0 Å². The highest BCUT2D eigenvalue weighted by Crippen LogP contribution is 2.30. The lowest BCUT2D eigenvalue weighted by atomic mass is 10.0. The molecule has 1 aliphatic heterocycles. The number of carbonyl (C=O) groups excluding carboxylic acids is 1. The van der Waals surface area contributed by atoms with E-state index in [2.05, 4.69) is 51.2 Å². The summed E-state index contributed by atoms with van der Waals surface area (Å²) >= 11 is 0. The molecule has 1 aliphatic rings. The molecule has 10 heteroatoms. The molecule has 0 saturated carbocycles. The highest BCUT2D eigenvalue weighted by atomic mass is 19.1. The van der Waals surface area contributed by atoms with Gasteiger partial charge in [-0.25, -0.2) is 14.4 Å². The van der Waals surface area contributed by atoms with Gasteiger partial charge in [-0.2, -0.15) is 0 Å². The third kappa shape index (κ3) is 6.40. The fourth-order valence-electron chi connectivity index (χ4n) is 4.80. The number of aromatic nitrogens is 3. The van der Waals surface area contributed by atoms with Gasteiger partial charge < -0.3 is 24.8 Å². The van der Waals surface area contributed by atoms with Crippen LogP contribution in [0.25, 0.3) is 11.0 Å². The molecule has 3 heterocycles. The van der Waals surface area contributed by atoms with Crippen LogP contribution in [0.15, 0.2) is 54.7 Å². The van der Waals surface area contributed by atoms with Crippen molar-refractivity contribution in [1.82, 2.24) is 24.3 Å². The topological polar surface area (TPSA) is 87.5 Å². The maximum absolute atomic E-state index is 14.5. The Morgan fingerprint density at radius 3 is 2.52 bits per heavy atom. The van der Waals surface area contributed by atoms with Crippen LogP contribution < -0.4 is 15.4 Å². The van der Waals surface area contributed by atoms with Crippen LogP contribution in [0.4, 0.5) is 21.8 Å². The number of hydrogen-bond donors (Lipinski definition) is 2. The Bertz CT molecular complexity index is 1490. The highest BCUT2D eigenvalue weighted by Gasteiger charge is 2.18. The summed E-state index contributed by atoms with van der Waals surface area (Å²) < 4.78 is 22.5. The molecule has 210 valence electrons. The molecule has 0 atom stereocenters. The number of aryl methyl sites for hydroxylation is 1. The third-order valence-electron chi connectivity index (χ3n) is 7.27. The van der Waals surface area contributed by atoms with E-state index in [9.17, 15) is 9.18 Å². The summed E-state index contributed by atoms with van der Waals surface area (Å²) in [7, 11) is 1.88. The maximum Gasteiger partial charge on any atom is 0.239 e. The molecule has 1 saturated heterocycles. The molecule has 0 radical (unpaired) electrons. The van der Waals surface area contributed by atoms with Crippen LogP contribution in [-0.4, -0.2) is 69.5 Å². The van der Waals surface area contributed by atoms with Gasteiger partial charge in [0.2, 0.25) is 11.9 Å². The number of piperazine rings is 1. The number of fused-ring (bicyclic) bond motifs is 1. The maximum atomic E-state index is 14.5. The van der Waals surface area contributed by atoms with Crippen molar-refractivity contribution >= 4 is 34.4 Å². The minimum absolute atomic E-state index is 0.0973. The fourth-order valence-corrected chi connectivity index (χ4v) is 4.80. The zero-order chi connectivity index (χ0) is 28.2. The first-order valence-electron chi connectivity index (χ1n) is 13.7. The predicted molar refractivity (Wildman–Crippen MR) is 156 cm³/mol. The second kappa shape index (κ2) is 12.0. The number of rotatable bonds is 9. The lowest BCUT2D eigenvalue weighted by molar-refractivity contribution is -0.117. The lowest BCUT2D eigenvalue weighted by Gasteiger charge is -2.33. The van der Waals surface area contributed by atoms with Gasteiger partial charge in [0, 0.05) is 51.6 Å². The molecule has 2 aromatic carbocycles. The molecular weight excluding hydrogens is 509 g/mol. The number of benzene rings is 2. The van der Waals surface area contributed by atoms with Gasteiger partial charge in [-0.15, -0.1) is 0 Å². The van der Waals surface area contributed by atoms with Crippen LogP contribution in [0.2, 0.25) is 0 Å². The number of amides is 1. The van der Waals surface area contributed by atoms with Crippen LogP contribution in [0.1, 0.15) is 32.3 Å². The van der Waals surface area contributed by atoms with Crippen LogP contribution in [0.5, 0.6) is 11.5 Å². The van der Waals surface area contributed by atoms with Crippen molar-refractivity contribution in [1.29, 1.82) is 0 Å². The van der Waals surface area contributed by atoms with Crippen molar-refractivity contribution in [3.63, 3.8) is 0 Å². The molecule has 2 aromatic heterocycles. The molecule has 0 unspecified atom stereocenters. The van der Waals surface area contributed by atoms with E-state index >= 15 is 0 Å². The van der Waals surface area contributed by atoms with Gasteiger partial charge in [-0.1, -0.05) is 26.8 Å². The standard InChI is InChI=1S/C30H36FN7O2/c1-5-37-12-14-38(15-13-37)19-29(39)35-28-18-23(10-11-32-28)40-22-7-9-27-26(17-22)34-30(36(27)4)33-25-16-21(20(2)3)6-8-24(25)31/h6-11,16-18,20H,5,12-15,19H2,1-4H3,(H,33,34)(H,32,35,39). The first-order chi connectivity index (χ1) is 19.3. The number of imidazole rings is 1. The number of pyridine rings is 1. The summed E-state index contributed by atoms with van der Waals surface area (Å²) in [5.74, 6) is 1.94. The van der Waals surface area contributed by atoms with Gasteiger partial charge in [0.1, 0.15) is 23.1 Å². The predicted octanol–water partition coefficient (Wildman–Crippen LogP) is 5.34. The van der Waals surface area contributed by atoms with E-state index in [1.807, 2.05) is 35.9 Å². The molecule has 0 spiro atoms. The molecule has 0 aliphatic carbocycles. The van der Waals surface area contributed by atoms with Crippen LogP contribution >= 0.6 is 0 Å². The Labute approximate surface area is 234 Å². The molecule has 9 nitrogen and oxygen atoms in total. The monoisotopic (exact) mass is 545 g/mol. The van der Waals surface area contributed by atoms with Crippen molar-refractivity contribution in [3.05, 3.63) is 66.1 Å². The van der Waals surface area contributed by atoms with E-state index in [1.54, 1.807) is 24.4 Å². The molecular formula is C30H36FN7O2. The summed E-state index contributed by atoms with van der Waals surface area (Å²) in [5, 5.41) is 6.02. The molecule has 1 amide bonds. The van der Waals surface area contributed by atoms with Crippen molar-refractivity contribution in [2.45, 2.75) is 26.7 Å². The zero-order valence-corrected chi connectivity index (χ0v) is 23.4. The highest BCUT2D eigenvalue weighted by molar-refractivity contribution is 5.91. The SMILES string of the molecule is CCN1CCN(CC(=O)Nc2cc(Oc3ccc4c(c3)nc(Nc3cc(C(C)C)ccc3F)n4C)ccn2)CC1. The zero-order valence-electron chi connectivity index (χ0n) is 23.4. The summed E-state index contributed by atoms with van der Waals surface area (Å²) in [4.78, 5) is 26.1. The first-order valence-corrected chi connectivity index (χ1v) is 13.7. The normalized spacial score (nSPS) is 14.6. The number of likely N-dealkylation sites (N-methyl/N-ethyl adjacent to an activating group) is 1. The van der Waals surface area contributed by atoms with Gasteiger partial charge in [0.25, 0.3) is 0 Å². The largest absolute Gasteiger partial charge is 0.457 e. The summed E-state index contributed by atoms with van der Waals surface area (Å²) in [6.07, 6.45) is 1.60. The first kappa shape index (κ1) is 27.5. The fraction of sp³-hybridized carbons (Fsp3) is 0.367. The molecule has 40 heavy (non-hydrogen) atoms. The summed E-state index contributed by atoms with van der Waals surface area (Å²) in [5.41, 5.74) is 3.00. The Morgan fingerprint density at radius 1 is 1.02 bits per heavy atom. The third-order valence-corrected chi connectivity index (χ3v) is 7.27. The second-order valence-corrected chi connectivity index (χ2v) is 10.4. The Kier molecular flexibility index (Phi) is 8.27. The molecule has 1 fully saturated rings. The van der Waals surface area contributed by atoms with E-state index in [4.69, 9.17) is 4.74 Å². The smallest absolute Gasteiger partial charge is 0.239 e. The Balaban J connectivity index is 1.25. The van der Waals surface area contributed by atoms with Crippen molar-refractivity contribution in [2.75, 3.05) is 49.9 Å². The van der Waals surface area contributed by atoms with Crippen LogP contribution in [0.3, 0.4) is 0 Å². The Morgan fingerprint density at radius 2 is 1.77 bits per heavy atom. The van der Waals surface area contributed by atoms with E-state index in [1.165, 1.54) is 6.07 Å². The van der Waals surface area contributed by atoms with Gasteiger partial charge in [0.05, 0.1) is 23.3 Å². The quantitative estimate of drug-likeness (QED) is 0.293. The van der Waals surface area contributed by atoms with Gasteiger partial charge in [-0.05, 0) is 48.4 Å². The molecule has 2 N–H and O–H groups in total. The summed E-state index contributed by atoms with van der Waals surface area (Å²) in [6, 6.07) is 14.1. The van der Waals surface area contributed by atoms with Gasteiger partial charge >= 0.3 is 0 Å². The average Bonchev–Trinajstić information content (AvgIpc) is 3.24. The van der Waals surface area contributed by atoms with E-state index < -0.39 is 0 Å². The number of ether oxygens (including phenoxy) is 1. The van der Waals surface area contributed by atoms with E-state index in [0.717, 1.165) is 43.8 Å². The minimum atomic E-state index is -0.333. The van der Waals surface area contributed by atoms with Crippen molar-refractivity contribution in [3.8, 4) is 11.5 Å². The van der Waals surface area contributed by atoms with Crippen LogP contribution in [-0.2, 0) is 11.8 Å². The number of anilines is 3. The summed E-state index contributed by atoms with van der Waals surface area (Å²) in [6.45, 7) is 11.4. The number of nitrogens with zero attached hydrogens (tertiary/aromatic N) is 5. The molecule has 5 rings (SSSR count). The number of carbonyl (C=O) groups is 1. The minimum Gasteiger partial charge on any atom is -0.457 e. The lowest BCUT2D eigenvalue weighted by Crippen LogP contribution is -2.48.